The summed E-state index contributed by atoms with van der Waals surface area (Å²) in [6, 6.07) is 7.64. The predicted molar refractivity (Wildman–Crippen MR) is 73.5 cm³/mol. The maximum absolute atomic E-state index is 11.7. The number of para-hydroxylation sites is 1. The normalized spacial score (nSPS) is 12.5. The maximum Gasteiger partial charge on any atom is 0.238 e. The molecule has 1 unspecified atom stereocenters. The lowest BCUT2D eigenvalue weighted by Gasteiger charge is -2.15. The molecule has 3 N–H and O–H groups in total. The second kappa shape index (κ2) is 7.13. The second-order valence-electron chi connectivity index (χ2n) is 4.81. The smallest absolute Gasteiger partial charge is 0.238 e. The van der Waals surface area contributed by atoms with Crippen molar-refractivity contribution in [3.63, 3.8) is 0 Å². The van der Waals surface area contributed by atoms with Crippen molar-refractivity contribution in [2.75, 3.05) is 18.4 Å². The van der Waals surface area contributed by atoms with E-state index in [1.54, 1.807) is 0 Å². The number of benzene rings is 1. The molecule has 0 spiro atoms. The van der Waals surface area contributed by atoms with Crippen LogP contribution in [0, 0.1) is 12.8 Å². The molecule has 1 aromatic rings. The zero-order chi connectivity index (χ0) is 13.5. The number of carbonyl (C=O) groups is 1. The number of aryl methyl sites for hydroxylation is 1. The third-order valence-corrected chi connectivity index (χ3v) is 2.83. The van der Waals surface area contributed by atoms with Gasteiger partial charge in [-0.25, -0.2) is 0 Å². The van der Waals surface area contributed by atoms with Gasteiger partial charge in [0.05, 0.1) is 12.6 Å². The van der Waals surface area contributed by atoms with E-state index in [0.29, 0.717) is 6.54 Å². The predicted octanol–water partition coefficient (Wildman–Crippen LogP) is 1.54. The van der Waals surface area contributed by atoms with Gasteiger partial charge in [0.2, 0.25) is 5.91 Å². The summed E-state index contributed by atoms with van der Waals surface area (Å²) in [7, 11) is 0. The quantitative estimate of drug-likeness (QED) is 0.717. The van der Waals surface area contributed by atoms with Crippen LogP contribution >= 0.6 is 0 Å². The first-order valence-electron chi connectivity index (χ1n) is 6.25. The van der Waals surface area contributed by atoms with Gasteiger partial charge in [-0.05, 0) is 24.5 Å². The highest BCUT2D eigenvalue weighted by Gasteiger charge is 2.09. The minimum Gasteiger partial charge on any atom is -0.392 e. The first kappa shape index (κ1) is 14.7. The lowest BCUT2D eigenvalue weighted by molar-refractivity contribution is -0.115. The van der Waals surface area contributed by atoms with Crippen LogP contribution in [0.2, 0.25) is 0 Å². The van der Waals surface area contributed by atoms with Gasteiger partial charge in [0.1, 0.15) is 0 Å². The molecule has 0 fully saturated rings. The summed E-state index contributed by atoms with van der Waals surface area (Å²) in [6.45, 7) is 6.47. The molecule has 0 bridgehead atoms. The molecule has 0 saturated carbocycles. The minimum atomic E-state index is -0.420. The molecular formula is C14H22N2O2. The number of carbonyl (C=O) groups excluding carboxylic acids is 1. The molecule has 1 amide bonds. The Morgan fingerprint density at radius 1 is 1.33 bits per heavy atom. The van der Waals surface area contributed by atoms with Crippen LogP contribution in [-0.2, 0) is 4.79 Å². The molecule has 18 heavy (non-hydrogen) atoms. The van der Waals surface area contributed by atoms with Crippen molar-refractivity contribution >= 4 is 11.6 Å². The van der Waals surface area contributed by atoms with E-state index in [0.717, 1.165) is 11.3 Å². The summed E-state index contributed by atoms with van der Waals surface area (Å²) < 4.78 is 0. The van der Waals surface area contributed by atoms with Gasteiger partial charge in [-0.3, -0.25) is 4.79 Å². The zero-order valence-electron chi connectivity index (χ0n) is 11.2. The van der Waals surface area contributed by atoms with E-state index < -0.39 is 6.10 Å². The van der Waals surface area contributed by atoms with Crippen molar-refractivity contribution in [2.45, 2.75) is 26.9 Å². The van der Waals surface area contributed by atoms with Gasteiger partial charge in [0.25, 0.3) is 0 Å². The molecule has 100 valence electrons. The number of aliphatic hydroxyl groups excluding tert-OH is 1. The van der Waals surface area contributed by atoms with Crippen molar-refractivity contribution in [1.82, 2.24) is 5.32 Å². The lowest BCUT2D eigenvalue weighted by Crippen LogP contribution is -2.35. The summed E-state index contributed by atoms with van der Waals surface area (Å²) in [5.74, 6) is 0.0946. The molecule has 1 atom stereocenters. The lowest BCUT2D eigenvalue weighted by atomic mass is 10.1. The van der Waals surface area contributed by atoms with E-state index in [1.807, 2.05) is 45.0 Å². The number of hydrogen-bond acceptors (Lipinski definition) is 3. The molecule has 0 aliphatic rings. The number of hydrogen-bond donors (Lipinski definition) is 3. The number of anilines is 1. The summed E-state index contributed by atoms with van der Waals surface area (Å²) in [4.78, 5) is 11.7. The molecular weight excluding hydrogens is 228 g/mol. The fourth-order valence-corrected chi connectivity index (χ4v) is 1.48. The molecule has 0 saturated heterocycles. The van der Waals surface area contributed by atoms with Gasteiger partial charge < -0.3 is 15.7 Å². The summed E-state index contributed by atoms with van der Waals surface area (Å²) >= 11 is 0. The standard InChI is InChI=1S/C14H22N2O2/c1-10(2)13(17)8-15-9-14(18)16-12-7-5-4-6-11(12)3/h4-7,10,13,15,17H,8-9H2,1-3H3,(H,16,18). The van der Waals surface area contributed by atoms with E-state index in [9.17, 15) is 9.90 Å². The number of amides is 1. The summed E-state index contributed by atoms with van der Waals surface area (Å²) in [6.07, 6.45) is -0.420. The topological polar surface area (TPSA) is 61.4 Å². The van der Waals surface area contributed by atoms with Crippen LogP contribution in [0.25, 0.3) is 0 Å². The van der Waals surface area contributed by atoms with Gasteiger partial charge in [-0.2, -0.15) is 0 Å². The first-order valence-corrected chi connectivity index (χ1v) is 6.25. The van der Waals surface area contributed by atoms with E-state index in [-0.39, 0.29) is 18.4 Å². The molecule has 4 heteroatoms. The number of aliphatic hydroxyl groups is 1. The van der Waals surface area contributed by atoms with E-state index in [4.69, 9.17) is 0 Å². The Balaban J connectivity index is 2.33. The average Bonchev–Trinajstić information content (AvgIpc) is 2.32. The van der Waals surface area contributed by atoms with Crippen LogP contribution < -0.4 is 10.6 Å². The van der Waals surface area contributed by atoms with Crippen molar-refractivity contribution in [2.24, 2.45) is 5.92 Å². The third-order valence-electron chi connectivity index (χ3n) is 2.83. The fourth-order valence-electron chi connectivity index (χ4n) is 1.48. The Morgan fingerprint density at radius 3 is 2.61 bits per heavy atom. The molecule has 0 radical (unpaired) electrons. The Labute approximate surface area is 108 Å². The molecule has 0 heterocycles. The van der Waals surface area contributed by atoms with Crippen LogP contribution in [0.1, 0.15) is 19.4 Å². The SMILES string of the molecule is Cc1ccccc1NC(=O)CNCC(O)C(C)C. The molecule has 4 nitrogen and oxygen atoms in total. The Hall–Kier alpha value is -1.39. The maximum atomic E-state index is 11.7. The fraction of sp³-hybridized carbons (Fsp3) is 0.500. The Bertz CT molecular complexity index is 391. The first-order chi connectivity index (χ1) is 8.50. The minimum absolute atomic E-state index is 0.0970. The van der Waals surface area contributed by atoms with Crippen molar-refractivity contribution in [1.29, 1.82) is 0 Å². The second-order valence-corrected chi connectivity index (χ2v) is 4.81. The third kappa shape index (κ3) is 4.85. The number of rotatable bonds is 6. The largest absolute Gasteiger partial charge is 0.392 e. The zero-order valence-corrected chi connectivity index (χ0v) is 11.2. The van der Waals surface area contributed by atoms with E-state index in [2.05, 4.69) is 10.6 Å². The Morgan fingerprint density at radius 2 is 2.00 bits per heavy atom. The average molecular weight is 250 g/mol. The van der Waals surface area contributed by atoms with Crippen LogP contribution in [-0.4, -0.2) is 30.2 Å². The number of nitrogens with one attached hydrogen (secondary N) is 2. The van der Waals surface area contributed by atoms with Gasteiger partial charge in [0, 0.05) is 12.2 Å². The van der Waals surface area contributed by atoms with E-state index in [1.165, 1.54) is 0 Å². The molecule has 0 aliphatic carbocycles. The highest BCUT2D eigenvalue weighted by Crippen LogP contribution is 2.12. The highest BCUT2D eigenvalue weighted by atomic mass is 16.3. The monoisotopic (exact) mass is 250 g/mol. The van der Waals surface area contributed by atoms with Crippen molar-refractivity contribution < 1.29 is 9.90 Å². The Kier molecular flexibility index (Phi) is 5.82. The molecule has 1 aromatic carbocycles. The molecule has 0 aliphatic heterocycles. The van der Waals surface area contributed by atoms with E-state index >= 15 is 0 Å². The van der Waals surface area contributed by atoms with Gasteiger partial charge in [-0.15, -0.1) is 0 Å². The molecule has 0 aromatic heterocycles. The van der Waals surface area contributed by atoms with Crippen LogP contribution in [0.3, 0.4) is 0 Å². The van der Waals surface area contributed by atoms with Crippen LogP contribution in [0.15, 0.2) is 24.3 Å². The van der Waals surface area contributed by atoms with Crippen LogP contribution in [0.4, 0.5) is 5.69 Å². The van der Waals surface area contributed by atoms with Gasteiger partial charge in [-0.1, -0.05) is 32.0 Å². The van der Waals surface area contributed by atoms with Crippen molar-refractivity contribution in [3.05, 3.63) is 29.8 Å². The van der Waals surface area contributed by atoms with Crippen molar-refractivity contribution in [3.8, 4) is 0 Å². The van der Waals surface area contributed by atoms with Gasteiger partial charge in [0.15, 0.2) is 0 Å². The molecule has 1 rings (SSSR count). The highest BCUT2D eigenvalue weighted by molar-refractivity contribution is 5.92. The summed E-state index contributed by atoms with van der Waals surface area (Å²) in [5, 5.41) is 15.4. The van der Waals surface area contributed by atoms with Crippen LogP contribution in [0.5, 0.6) is 0 Å². The summed E-state index contributed by atoms with van der Waals surface area (Å²) in [5.41, 5.74) is 1.86. The van der Waals surface area contributed by atoms with Gasteiger partial charge >= 0.3 is 0 Å².